The second kappa shape index (κ2) is 7.04. The second-order valence-corrected chi connectivity index (χ2v) is 5.77. The van der Waals surface area contributed by atoms with Crippen molar-refractivity contribution in [1.82, 2.24) is 0 Å². The third-order valence-corrected chi connectivity index (χ3v) is 3.74. The fraction of sp³-hybridized carbons (Fsp3) is 0.143. The highest BCUT2D eigenvalue weighted by molar-refractivity contribution is 9.11. The lowest BCUT2D eigenvalue weighted by molar-refractivity contribution is -0.0498. The van der Waals surface area contributed by atoms with Crippen molar-refractivity contribution in [2.45, 2.75) is 13.2 Å². The van der Waals surface area contributed by atoms with E-state index in [1.807, 2.05) is 18.2 Å². The highest BCUT2D eigenvalue weighted by atomic mass is 79.9. The van der Waals surface area contributed by atoms with Gasteiger partial charge in [-0.1, -0.05) is 28.1 Å². The number of nitrogens with one attached hydrogen (secondary N) is 1. The molecule has 0 amide bonds. The summed E-state index contributed by atoms with van der Waals surface area (Å²) in [7, 11) is 0. The van der Waals surface area contributed by atoms with Crippen LogP contribution < -0.4 is 10.1 Å². The van der Waals surface area contributed by atoms with Crippen LogP contribution >= 0.6 is 31.9 Å². The Balaban J connectivity index is 1.98. The maximum Gasteiger partial charge on any atom is 0.387 e. The van der Waals surface area contributed by atoms with Crippen molar-refractivity contribution in [3.8, 4) is 5.75 Å². The van der Waals surface area contributed by atoms with Crippen molar-refractivity contribution in [2.24, 2.45) is 0 Å². The average Bonchev–Trinajstić information content (AvgIpc) is 2.41. The molecule has 6 heteroatoms. The molecule has 106 valence electrons. The fourth-order valence-corrected chi connectivity index (χ4v) is 2.37. The number of benzene rings is 2. The van der Waals surface area contributed by atoms with Gasteiger partial charge in [-0.05, 0) is 51.8 Å². The van der Waals surface area contributed by atoms with Crippen LogP contribution in [0.15, 0.2) is 51.4 Å². The van der Waals surface area contributed by atoms with Crippen LogP contribution in [0.25, 0.3) is 0 Å². The maximum atomic E-state index is 12.0. The highest BCUT2D eigenvalue weighted by Crippen LogP contribution is 2.26. The summed E-state index contributed by atoms with van der Waals surface area (Å²) in [6.07, 6.45) is 0. The molecule has 2 aromatic rings. The standard InChI is InChI=1S/C14H11Br2F2NO/c15-10-3-6-12(16)13(7-10)19-8-9-1-4-11(5-2-9)20-14(17)18/h1-7,14,19H,8H2. The molecule has 0 aliphatic heterocycles. The predicted molar refractivity (Wildman–Crippen MR) is 82.2 cm³/mol. The smallest absolute Gasteiger partial charge is 0.387 e. The van der Waals surface area contributed by atoms with Crippen LogP contribution in [0.4, 0.5) is 14.5 Å². The summed E-state index contributed by atoms with van der Waals surface area (Å²) in [5, 5.41) is 3.26. The summed E-state index contributed by atoms with van der Waals surface area (Å²) < 4.78 is 30.3. The number of ether oxygens (including phenoxy) is 1. The third-order valence-electron chi connectivity index (χ3n) is 2.56. The molecule has 1 N–H and O–H groups in total. The van der Waals surface area contributed by atoms with Gasteiger partial charge in [0.25, 0.3) is 0 Å². The number of hydrogen-bond acceptors (Lipinski definition) is 2. The van der Waals surface area contributed by atoms with E-state index >= 15 is 0 Å². The monoisotopic (exact) mass is 405 g/mol. The lowest BCUT2D eigenvalue weighted by Gasteiger charge is -2.10. The van der Waals surface area contributed by atoms with Gasteiger partial charge in [-0.2, -0.15) is 8.78 Å². The zero-order chi connectivity index (χ0) is 14.5. The van der Waals surface area contributed by atoms with Crippen LogP contribution in [0.1, 0.15) is 5.56 Å². The number of hydrogen-bond donors (Lipinski definition) is 1. The van der Waals surface area contributed by atoms with E-state index in [-0.39, 0.29) is 5.75 Å². The molecular weight excluding hydrogens is 396 g/mol. The van der Waals surface area contributed by atoms with Crippen molar-refractivity contribution in [3.05, 3.63) is 57.0 Å². The molecule has 0 aliphatic carbocycles. The first kappa shape index (κ1) is 15.3. The molecule has 0 radical (unpaired) electrons. The molecule has 2 aromatic carbocycles. The minimum absolute atomic E-state index is 0.160. The van der Waals surface area contributed by atoms with E-state index in [4.69, 9.17) is 0 Å². The first-order chi connectivity index (χ1) is 9.54. The Kier molecular flexibility index (Phi) is 5.37. The van der Waals surface area contributed by atoms with Gasteiger partial charge in [-0.15, -0.1) is 0 Å². The number of alkyl halides is 2. The largest absolute Gasteiger partial charge is 0.435 e. The van der Waals surface area contributed by atoms with Gasteiger partial charge in [0, 0.05) is 21.2 Å². The van der Waals surface area contributed by atoms with Crippen LogP contribution in [-0.2, 0) is 6.54 Å². The lowest BCUT2D eigenvalue weighted by Crippen LogP contribution is -2.03. The molecule has 0 heterocycles. The van der Waals surface area contributed by atoms with Gasteiger partial charge >= 0.3 is 6.61 Å². The van der Waals surface area contributed by atoms with Crippen molar-refractivity contribution >= 4 is 37.5 Å². The number of rotatable bonds is 5. The van der Waals surface area contributed by atoms with E-state index in [1.165, 1.54) is 12.1 Å². The van der Waals surface area contributed by atoms with Gasteiger partial charge in [0.15, 0.2) is 0 Å². The number of halogens is 4. The molecule has 0 aromatic heterocycles. The summed E-state index contributed by atoms with van der Waals surface area (Å²) in [5.74, 6) is 0.160. The Morgan fingerprint density at radius 3 is 2.40 bits per heavy atom. The molecule has 0 fully saturated rings. The molecule has 2 rings (SSSR count). The van der Waals surface area contributed by atoms with E-state index in [1.54, 1.807) is 12.1 Å². The summed E-state index contributed by atoms with van der Waals surface area (Å²) >= 11 is 6.86. The molecule has 0 saturated carbocycles. The predicted octanol–water partition coefficient (Wildman–Crippen LogP) is 5.43. The first-order valence-corrected chi connectivity index (χ1v) is 7.36. The van der Waals surface area contributed by atoms with Crippen LogP contribution in [-0.4, -0.2) is 6.61 Å². The average molecular weight is 407 g/mol. The zero-order valence-corrected chi connectivity index (χ0v) is 13.4. The topological polar surface area (TPSA) is 21.3 Å². The van der Waals surface area contributed by atoms with Gasteiger partial charge in [0.05, 0.1) is 0 Å². The van der Waals surface area contributed by atoms with Crippen LogP contribution in [0, 0.1) is 0 Å². The zero-order valence-electron chi connectivity index (χ0n) is 10.2. The van der Waals surface area contributed by atoms with E-state index in [0.717, 1.165) is 20.2 Å². The Hall–Kier alpha value is -1.14. The van der Waals surface area contributed by atoms with E-state index < -0.39 is 6.61 Å². The van der Waals surface area contributed by atoms with E-state index in [9.17, 15) is 8.78 Å². The Morgan fingerprint density at radius 2 is 1.75 bits per heavy atom. The van der Waals surface area contributed by atoms with E-state index in [0.29, 0.717) is 6.54 Å². The molecule has 0 spiro atoms. The summed E-state index contributed by atoms with van der Waals surface area (Å²) in [6.45, 7) is -2.21. The molecule has 0 atom stereocenters. The molecule has 0 aliphatic rings. The summed E-state index contributed by atoms with van der Waals surface area (Å²) in [4.78, 5) is 0. The quantitative estimate of drug-likeness (QED) is 0.715. The van der Waals surface area contributed by atoms with Gasteiger partial charge < -0.3 is 10.1 Å². The summed E-state index contributed by atoms with van der Waals surface area (Å²) in [6, 6.07) is 12.4. The molecule has 0 bridgehead atoms. The highest BCUT2D eigenvalue weighted by Gasteiger charge is 2.04. The molecule has 0 unspecified atom stereocenters. The van der Waals surface area contributed by atoms with Gasteiger partial charge in [0.1, 0.15) is 5.75 Å². The van der Waals surface area contributed by atoms with Crippen LogP contribution in [0.2, 0.25) is 0 Å². The Labute approximate surface area is 132 Å². The fourth-order valence-electron chi connectivity index (χ4n) is 1.62. The molecule has 20 heavy (non-hydrogen) atoms. The maximum absolute atomic E-state index is 12.0. The summed E-state index contributed by atoms with van der Waals surface area (Å²) in [5.41, 5.74) is 1.92. The van der Waals surface area contributed by atoms with Crippen molar-refractivity contribution in [2.75, 3.05) is 5.32 Å². The van der Waals surface area contributed by atoms with E-state index in [2.05, 4.69) is 41.9 Å². The van der Waals surface area contributed by atoms with Gasteiger partial charge in [-0.3, -0.25) is 0 Å². The van der Waals surface area contributed by atoms with Gasteiger partial charge in [0.2, 0.25) is 0 Å². The van der Waals surface area contributed by atoms with Gasteiger partial charge in [-0.25, -0.2) is 0 Å². The third kappa shape index (κ3) is 4.45. The normalized spacial score (nSPS) is 10.7. The minimum atomic E-state index is -2.79. The first-order valence-electron chi connectivity index (χ1n) is 5.77. The second-order valence-electron chi connectivity index (χ2n) is 4.00. The lowest BCUT2D eigenvalue weighted by atomic mass is 10.2. The Bertz CT molecular complexity index is 576. The molecule has 0 saturated heterocycles. The molecule has 2 nitrogen and oxygen atoms in total. The Morgan fingerprint density at radius 1 is 1.05 bits per heavy atom. The van der Waals surface area contributed by atoms with Crippen molar-refractivity contribution < 1.29 is 13.5 Å². The minimum Gasteiger partial charge on any atom is -0.435 e. The molecular formula is C14H11Br2F2NO. The van der Waals surface area contributed by atoms with Crippen LogP contribution in [0.3, 0.4) is 0 Å². The van der Waals surface area contributed by atoms with Crippen LogP contribution in [0.5, 0.6) is 5.75 Å². The van der Waals surface area contributed by atoms with Crippen molar-refractivity contribution in [3.63, 3.8) is 0 Å². The number of anilines is 1. The van der Waals surface area contributed by atoms with Crippen molar-refractivity contribution in [1.29, 1.82) is 0 Å². The SMILES string of the molecule is FC(F)Oc1ccc(CNc2cc(Br)ccc2Br)cc1.